The number of benzene rings is 3. The number of hydrazine groups is 1. The molecule has 0 aliphatic carbocycles. The van der Waals surface area contributed by atoms with Crippen molar-refractivity contribution in [3.63, 3.8) is 0 Å². The number of nitrogens with zero attached hydrogens (tertiary/aromatic N) is 1. The Morgan fingerprint density at radius 1 is 1.14 bits per heavy atom. The highest BCUT2D eigenvalue weighted by molar-refractivity contribution is 9.10. The number of ether oxygens (including phenoxy) is 1. The third-order valence-corrected chi connectivity index (χ3v) is 7.60. The number of thioether (sulfide) groups is 1. The van der Waals surface area contributed by atoms with Crippen molar-refractivity contribution in [1.29, 1.82) is 0 Å². The summed E-state index contributed by atoms with van der Waals surface area (Å²) < 4.78 is 6.74. The van der Waals surface area contributed by atoms with Gasteiger partial charge in [0.25, 0.3) is 5.91 Å². The van der Waals surface area contributed by atoms with Gasteiger partial charge in [-0.25, -0.2) is 0 Å². The van der Waals surface area contributed by atoms with E-state index in [-0.39, 0.29) is 10.7 Å². The van der Waals surface area contributed by atoms with Gasteiger partial charge < -0.3 is 10.1 Å². The van der Waals surface area contributed by atoms with Crippen LogP contribution in [0.2, 0.25) is 10.0 Å². The fourth-order valence-electron chi connectivity index (χ4n) is 3.51. The monoisotopic (exact) mass is 635 g/mol. The van der Waals surface area contributed by atoms with Crippen molar-refractivity contribution in [1.82, 2.24) is 10.4 Å². The molecule has 6 nitrogen and oxygen atoms in total. The summed E-state index contributed by atoms with van der Waals surface area (Å²) in [4.78, 5) is 26.4. The van der Waals surface area contributed by atoms with Crippen molar-refractivity contribution in [2.45, 2.75) is 13.3 Å². The van der Waals surface area contributed by atoms with Crippen molar-refractivity contribution < 1.29 is 14.3 Å². The fourth-order valence-corrected chi connectivity index (χ4v) is 5.55. The van der Waals surface area contributed by atoms with Crippen molar-refractivity contribution in [2.24, 2.45) is 0 Å². The number of rotatable bonds is 8. The van der Waals surface area contributed by atoms with Crippen molar-refractivity contribution in [2.75, 3.05) is 11.9 Å². The average molecular weight is 637 g/mol. The zero-order valence-corrected chi connectivity index (χ0v) is 24.1. The summed E-state index contributed by atoms with van der Waals surface area (Å²) in [7, 11) is 0. The number of nitrogens with one attached hydrogen (secondary N) is 2. The van der Waals surface area contributed by atoms with Crippen LogP contribution in [-0.4, -0.2) is 27.8 Å². The van der Waals surface area contributed by atoms with E-state index < -0.39 is 11.8 Å². The zero-order chi connectivity index (χ0) is 26.5. The van der Waals surface area contributed by atoms with E-state index in [9.17, 15) is 9.59 Å². The maximum atomic E-state index is 13.1. The molecule has 2 N–H and O–H groups in total. The third-order valence-electron chi connectivity index (χ3n) is 5.18. The highest BCUT2D eigenvalue weighted by atomic mass is 79.9. The predicted molar refractivity (Wildman–Crippen MR) is 158 cm³/mol. The standard InChI is InChI=1S/C26H20BrCl2N3O3S2/c1-2-35-21-11-10-17(27)12-16(21)13-22-25(34)32(26(36)37-22)31-23(33)14-15-6-3-4-9-20(15)30-24-18(28)7-5-8-19(24)29/h3-13,30H,2,14H2,1H3,(H,31,33)/b22-13-. The maximum absolute atomic E-state index is 13.1. The molecule has 1 aliphatic heterocycles. The smallest absolute Gasteiger partial charge is 0.285 e. The normalized spacial score (nSPS) is 14.3. The maximum Gasteiger partial charge on any atom is 0.285 e. The van der Waals surface area contributed by atoms with Gasteiger partial charge in [-0.15, -0.1) is 0 Å². The molecule has 1 saturated heterocycles. The second kappa shape index (κ2) is 12.3. The predicted octanol–water partition coefficient (Wildman–Crippen LogP) is 7.37. The van der Waals surface area contributed by atoms with Crippen LogP contribution in [-0.2, 0) is 16.0 Å². The largest absolute Gasteiger partial charge is 0.493 e. The van der Waals surface area contributed by atoms with E-state index in [1.807, 2.05) is 43.3 Å². The van der Waals surface area contributed by atoms with E-state index in [0.717, 1.165) is 26.8 Å². The summed E-state index contributed by atoms with van der Waals surface area (Å²) in [6.07, 6.45) is 1.69. The van der Waals surface area contributed by atoms with Gasteiger partial charge in [0.15, 0.2) is 4.32 Å². The molecule has 0 spiro atoms. The molecule has 0 saturated carbocycles. The Labute approximate surface area is 242 Å². The van der Waals surface area contributed by atoms with Crippen molar-refractivity contribution in [3.05, 3.63) is 91.2 Å². The summed E-state index contributed by atoms with van der Waals surface area (Å²) in [6.45, 7) is 2.37. The highest BCUT2D eigenvalue weighted by Crippen LogP contribution is 2.35. The topological polar surface area (TPSA) is 70.7 Å². The Morgan fingerprint density at radius 3 is 2.59 bits per heavy atom. The Kier molecular flexibility index (Phi) is 9.15. The lowest BCUT2D eigenvalue weighted by Crippen LogP contribution is -2.45. The molecule has 37 heavy (non-hydrogen) atoms. The molecule has 3 aromatic carbocycles. The van der Waals surface area contributed by atoms with E-state index in [2.05, 4.69) is 26.7 Å². The molecule has 1 aliphatic rings. The first-order valence-corrected chi connectivity index (χ1v) is 13.8. The molecule has 1 heterocycles. The molecule has 0 atom stereocenters. The molecule has 3 aromatic rings. The van der Waals surface area contributed by atoms with Crippen LogP contribution in [0.3, 0.4) is 0 Å². The number of halogens is 3. The number of para-hydroxylation sites is 2. The van der Waals surface area contributed by atoms with Gasteiger partial charge in [0.2, 0.25) is 5.91 Å². The lowest BCUT2D eigenvalue weighted by molar-refractivity contribution is -0.132. The van der Waals surface area contributed by atoms with Crippen LogP contribution in [0.4, 0.5) is 11.4 Å². The average Bonchev–Trinajstić information content (AvgIpc) is 3.11. The van der Waals surface area contributed by atoms with Crippen molar-refractivity contribution >= 4 is 96.7 Å². The van der Waals surface area contributed by atoms with Gasteiger partial charge in [0, 0.05) is 15.7 Å². The number of hydrogen-bond donors (Lipinski definition) is 2. The molecule has 190 valence electrons. The van der Waals surface area contributed by atoms with Crippen LogP contribution >= 0.6 is 63.1 Å². The first-order valence-electron chi connectivity index (χ1n) is 11.1. The first kappa shape index (κ1) is 27.5. The molecule has 4 rings (SSSR count). The number of carbonyl (C=O) groups excluding carboxylic acids is 2. The second-order valence-electron chi connectivity index (χ2n) is 7.72. The minimum atomic E-state index is -0.417. The van der Waals surface area contributed by atoms with E-state index in [1.54, 1.807) is 30.3 Å². The van der Waals surface area contributed by atoms with Gasteiger partial charge in [-0.3, -0.25) is 15.0 Å². The molecule has 0 unspecified atom stereocenters. The summed E-state index contributed by atoms with van der Waals surface area (Å²) >= 11 is 22.5. The van der Waals surface area contributed by atoms with E-state index >= 15 is 0 Å². The number of hydrogen-bond acceptors (Lipinski definition) is 6. The van der Waals surface area contributed by atoms with E-state index in [4.69, 9.17) is 40.2 Å². The van der Waals surface area contributed by atoms with Gasteiger partial charge in [0.1, 0.15) is 5.75 Å². The second-order valence-corrected chi connectivity index (χ2v) is 11.1. The highest BCUT2D eigenvalue weighted by Gasteiger charge is 2.34. The van der Waals surface area contributed by atoms with Crippen LogP contribution < -0.4 is 15.5 Å². The number of thiocarbonyl (C=S) groups is 1. The minimum absolute atomic E-state index is 0.0124. The molecule has 0 radical (unpaired) electrons. The molecule has 0 bridgehead atoms. The Bertz CT molecular complexity index is 1400. The van der Waals surface area contributed by atoms with Gasteiger partial charge >= 0.3 is 0 Å². The van der Waals surface area contributed by atoms with Crippen LogP contribution in [0.1, 0.15) is 18.1 Å². The fraction of sp³-hybridized carbons (Fsp3) is 0.115. The summed E-state index contributed by atoms with van der Waals surface area (Å²) in [5.74, 6) is -0.183. The Morgan fingerprint density at radius 2 is 1.86 bits per heavy atom. The van der Waals surface area contributed by atoms with Gasteiger partial charge in [0.05, 0.1) is 33.7 Å². The van der Waals surface area contributed by atoms with Gasteiger partial charge in [-0.1, -0.05) is 75.2 Å². The quantitative estimate of drug-likeness (QED) is 0.199. The van der Waals surface area contributed by atoms with Crippen LogP contribution in [0, 0.1) is 0 Å². The Hall–Kier alpha value is -2.56. The summed E-state index contributed by atoms with van der Waals surface area (Å²) in [6, 6.07) is 18.0. The van der Waals surface area contributed by atoms with Crippen LogP contribution in [0.15, 0.2) is 70.0 Å². The molecule has 2 amide bonds. The third kappa shape index (κ3) is 6.66. The van der Waals surface area contributed by atoms with E-state index in [0.29, 0.717) is 44.2 Å². The molecular formula is C26H20BrCl2N3O3S2. The number of carbonyl (C=O) groups is 2. The van der Waals surface area contributed by atoms with E-state index in [1.165, 1.54) is 0 Å². The minimum Gasteiger partial charge on any atom is -0.493 e. The van der Waals surface area contributed by atoms with Crippen LogP contribution in [0.25, 0.3) is 6.08 Å². The SMILES string of the molecule is CCOc1ccc(Br)cc1/C=C1\SC(=S)N(NC(=O)Cc2ccccc2Nc2c(Cl)cccc2Cl)C1=O. The summed E-state index contributed by atoms with van der Waals surface area (Å²) in [5, 5.41) is 5.20. The molecule has 1 fully saturated rings. The van der Waals surface area contributed by atoms with Gasteiger partial charge in [-0.2, -0.15) is 5.01 Å². The Balaban J connectivity index is 1.49. The lowest BCUT2D eigenvalue weighted by Gasteiger charge is -2.17. The first-order chi connectivity index (χ1) is 17.8. The molecular weight excluding hydrogens is 617 g/mol. The lowest BCUT2D eigenvalue weighted by atomic mass is 10.1. The van der Waals surface area contributed by atoms with Gasteiger partial charge in [-0.05, 0) is 67.2 Å². The number of amides is 2. The zero-order valence-electron chi connectivity index (χ0n) is 19.4. The summed E-state index contributed by atoms with van der Waals surface area (Å²) in [5.41, 5.74) is 5.24. The molecule has 0 aromatic heterocycles. The van der Waals surface area contributed by atoms with Crippen LogP contribution in [0.5, 0.6) is 5.75 Å². The number of anilines is 2. The molecule has 11 heteroatoms. The van der Waals surface area contributed by atoms with Crippen molar-refractivity contribution in [3.8, 4) is 5.75 Å².